The zero-order valence-electron chi connectivity index (χ0n) is 20.4. The molecular weight excluding hydrogens is 434 g/mol. The lowest BCUT2D eigenvalue weighted by Gasteiger charge is -2.20. The quantitative estimate of drug-likeness (QED) is 0.315. The number of hydrogen-bond acceptors (Lipinski definition) is 6. The molecule has 0 aliphatic carbocycles. The van der Waals surface area contributed by atoms with Gasteiger partial charge in [-0.1, -0.05) is 31.8 Å². The first-order chi connectivity index (χ1) is 15.4. The highest BCUT2D eigenvalue weighted by atomic mass is 28.3. The Morgan fingerprint density at radius 1 is 1.18 bits per heavy atom. The van der Waals surface area contributed by atoms with Gasteiger partial charge < -0.3 is 25.0 Å². The van der Waals surface area contributed by atoms with Gasteiger partial charge in [0, 0.05) is 32.1 Å². The lowest BCUT2D eigenvalue weighted by molar-refractivity contribution is 0.0886. The monoisotopic (exact) mass is 469 g/mol. The molecule has 8 nitrogen and oxygen atoms in total. The van der Waals surface area contributed by atoms with E-state index in [-0.39, 0.29) is 18.1 Å². The maximum Gasteiger partial charge on any atom is 0.255 e. The zero-order chi connectivity index (χ0) is 24.2. The van der Waals surface area contributed by atoms with Crippen molar-refractivity contribution >= 4 is 36.7 Å². The van der Waals surface area contributed by atoms with Crippen molar-refractivity contribution in [3.8, 4) is 0 Å². The molecule has 0 spiro atoms. The number of amides is 1. The SMILES string of the molecule is CC(C)(C)NC(=O)c1cn(COCC[Si](C)(C)C)c2ncc(Nc3ccc(CO)cc3)nc12. The Labute approximate surface area is 196 Å². The standard InChI is InChI=1S/C24H35N5O3Si/c1-24(2,3)28-23(31)19-14-29(16-32-11-12-33(4,5)6)22-21(19)27-20(13-25-22)26-18-9-7-17(15-30)8-10-18/h7-10,13-14,30H,11-12,15-16H2,1-6H3,(H,26,27)(H,28,31). The number of aliphatic hydroxyl groups excluding tert-OH is 1. The molecule has 33 heavy (non-hydrogen) atoms. The van der Waals surface area contributed by atoms with Gasteiger partial charge in [0.1, 0.15) is 18.1 Å². The van der Waals surface area contributed by atoms with E-state index in [4.69, 9.17) is 9.72 Å². The van der Waals surface area contributed by atoms with Crippen molar-refractivity contribution in [1.29, 1.82) is 0 Å². The number of ether oxygens (including phenoxy) is 1. The number of rotatable bonds is 9. The van der Waals surface area contributed by atoms with Gasteiger partial charge in [0.2, 0.25) is 0 Å². The number of benzene rings is 1. The molecule has 0 bridgehead atoms. The second kappa shape index (κ2) is 10.0. The molecular formula is C24H35N5O3Si. The molecule has 0 aliphatic rings. The van der Waals surface area contributed by atoms with Crippen molar-refractivity contribution in [2.75, 3.05) is 11.9 Å². The van der Waals surface area contributed by atoms with Gasteiger partial charge >= 0.3 is 0 Å². The average Bonchev–Trinajstić information content (AvgIpc) is 3.08. The van der Waals surface area contributed by atoms with E-state index in [0.717, 1.165) is 17.3 Å². The molecule has 0 fully saturated rings. The minimum atomic E-state index is -1.19. The molecule has 0 atom stereocenters. The van der Waals surface area contributed by atoms with E-state index in [9.17, 15) is 9.90 Å². The van der Waals surface area contributed by atoms with E-state index in [1.54, 1.807) is 12.4 Å². The largest absolute Gasteiger partial charge is 0.392 e. The van der Waals surface area contributed by atoms with Crippen LogP contribution < -0.4 is 10.6 Å². The predicted octanol–water partition coefficient (Wildman–Crippen LogP) is 4.51. The van der Waals surface area contributed by atoms with Crippen LogP contribution in [0.5, 0.6) is 0 Å². The van der Waals surface area contributed by atoms with Crippen LogP contribution in [0.2, 0.25) is 25.7 Å². The number of nitrogens with zero attached hydrogens (tertiary/aromatic N) is 3. The van der Waals surface area contributed by atoms with E-state index in [1.165, 1.54) is 0 Å². The smallest absolute Gasteiger partial charge is 0.255 e. The Bertz CT molecular complexity index is 1100. The van der Waals surface area contributed by atoms with Crippen LogP contribution in [0.15, 0.2) is 36.7 Å². The van der Waals surface area contributed by atoms with Gasteiger partial charge in [0.05, 0.1) is 18.4 Å². The van der Waals surface area contributed by atoms with Crippen LogP contribution in [0.4, 0.5) is 11.5 Å². The molecule has 1 amide bonds. The van der Waals surface area contributed by atoms with Gasteiger partial charge in [-0.05, 0) is 44.5 Å². The van der Waals surface area contributed by atoms with Crippen LogP contribution in [-0.2, 0) is 18.1 Å². The van der Waals surface area contributed by atoms with Crippen molar-refractivity contribution in [1.82, 2.24) is 19.9 Å². The number of fused-ring (bicyclic) bond motifs is 1. The molecule has 0 radical (unpaired) electrons. The van der Waals surface area contributed by atoms with Gasteiger partial charge in [-0.3, -0.25) is 4.79 Å². The van der Waals surface area contributed by atoms with E-state index >= 15 is 0 Å². The molecule has 2 aromatic heterocycles. The fraction of sp³-hybridized carbons (Fsp3) is 0.458. The topological polar surface area (TPSA) is 101 Å². The van der Waals surface area contributed by atoms with Gasteiger partial charge in [0.25, 0.3) is 5.91 Å². The third-order valence-electron chi connectivity index (χ3n) is 4.93. The molecule has 3 N–H and O–H groups in total. The summed E-state index contributed by atoms with van der Waals surface area (Å²) in [6.45, 7) is 13.7. The first-order valence-corrected chi connectivity index (χ1v) is 14.9. The summed E-state index contributed by atoms with van der Waals surface area (Å²) in [5, 5.41) is 15.5. The second-order valence-electron chi connectivity index (χ2n) is 10.5. The minimum absolute atomic E-state index is 0.00812. The maximum atomic E-state index is 13.0. The van der Waals surface area contributed by atoms with Gasteiger partial charge in [-0.25, -0.2) is 9.97 Å². The van der Waals surface area contributed by atoms with Crippen LogP contribution in [-0.4, -0.2) is 45.8 Å². The van der Waals surface area contributed by atoms with Gasteiger partial charge in [-0.2, -0.15) is 0 Å². The summed E-state index contributed by atoms with van der Waals surface area (Å²) in [7, 11) is -1.19. The summed E-state index contributed by atoms with van der Waals surface area (Å²) in [5.41, 5.74) is 2.84. The van der Waals surface area contributed by atoms with Crippen LogP contribution >= 0.6 is 0 Å². The predicted molar refractivity (Wildman–Crippen MR) is 134 cm³/mol. The highest BCUT2D eigenvalue weighted by Gasteiger charge is 2.22. The Kier molecular flexibility index (Phi) is 7.56. The normalized spacial score (nSPS) is 12.2. The fourth-order valence-electron chi connectivity index (χ4n) is 3.17. The number of aliphatic hydroxyl groups is 1. The summed E-state index contributed by atoms with van der Waals surface area (Å²) in [6, 6.07) is 8.47. The van der Waals surface area contributed by atoms with Crippen molar-refractivity contribution in [2.45, 2.75) is 65.3 Å². The number of anilines is 2. The highest BCUT2D eigenvalue weighted by molar-refractivity contribution is 6.76. The summed E-state index contributed by atoms with van der Waals surface area (Å²) >= 11 is 0. The van der Waals surface area contributed by atoms with Crippen molar-refractivity contribution < 1.29 is 14.6 Å². The lowest BCUT2D eigenvalue weighted by Crippen LogP contribution is -2.40. The van der Waals surface area contributed by atoms with E-state index < -0.39 is 8.07 Å². The van der Waals surface area contributed by atoms with E-state index in [0.29, 0.717) is 35.9 Å². The minimum Gasteiger partial charge on any atom is -0.392 e. The van der Waals surface area contributed by atoms with Crippen LogP contribution in [0, 0.1) is 0 Å². The number of carbonyl (C=O) groups is 1. The summed E-state index contributed by atoms with van der Waals surface area (Å²) in [4.78, 5) is 22.3. The molecule has 0 saturated heterocycles. The first-order valence-electron chi connectivity index (χ1n) is 11.2. The number of nitrogens with one attached hydrogen (secondary N) is 2. The molecule has 178 valence electrons. The third kappa shape index (κ3) is 7.11. The third-order valence-corrected chi connectivity index (χ3v) is 6.64. The highest BCUT2D eigenvalue weighted by Crippen LogP contribution is 2.23. The Balaban J connectivity index is 1.89. The van der Waals surface area contributed by atoms with Crippen molar-refractivity contribution in [2.24, 2.45) is 0 Å². The molecule has 3 rings (SSSR count). The summed E-state index contributed by atoms with van der Waals surface area (Å²) < 4.78 is 7.74. The average molecular weight is 470 g/mol. The van der Waals surface area contributed by atoms with Crippen molar-refractivity contribution in [3.63, 3.8) is 0 Å². The molecule has 2 heterocycles. The maximum absolute atomic E-state index is 13.0. The van der Waals surface area contributed by atoms with E-state index in [1.807, 2.05) is 49.6 Å². The second-order valence-corrected chi connectivity index (χ2v) is 16.1. The van der Waals surface area contributed by atoms with Gasteiger partial charge in [0.15, 0.2) is 5.65 Å². The molecule has 3 aromatic rings. The number of aromatic nitrogens is 3. The van der Waals surface area contributed by atoms with Crippen LogP contribution in [0.3, 0.4) is 0 Å². The molecule has 0 aliphatic heterocycles. The van der Waals surface area contributed by atoms with Crippen LogP contribution in [0.1, 0.15) is 36.7 Å². The van der Waals surface area contributed by atoms with Crippen molar-refractivity contribution in [3.05, 3.63) is 47.8 Å². The number of hydrogen-bond donors (Lipinski definition) is 3. The lowest BCUT2D eigenvalue weighted by atomic mass is 10.1. The van der Waals surface area contributed by atoms with Gasteiger partial charge in [-0.15, -0.1) is 0 Å². The summed E-state index contributed by atoms with van der Waals surface area (Å²) in [6.07, 6.45) is 3.41. The number of carbonyl (C=O) groups excluding carboxylic acids is 1. The Morgan fingerprint density at radius 2 is 1.88 bits per heavy atom. The van der Waals surface area contributed by atoms with Crippen LogP contribution in [0.25, 0.3) is 11.2 Å². The summed E-state index contributed by atoms with van der Waals surface area (Å²) in [5.74, 6) is 0.327. The molecule has 9 heteroatoms. The Morgan fingerprint density at radius 3 is 2.48 bits per heavy atom. The molecule has 0 saturated carbocycles. The van der Waals surface area contributed by atoms with E-state index in [2.05, 4.69) is 35.3 Å². The molecule has 1 aromatic carbocycles. The first kappa shape index (κ1) is 24.9. The zero-order valence-corrected chi connectivity index (χ0v) is 21.4. The molecule has 0 unspecified atom stereocenters. The Hall–Kier alpha value is -2.75. The fourth-order valence-corrected chi connectivity index (χ4v) is 3.92.